The molecule has 1 heterocycles. The van der Waals surface area contributed by atoms with E-state index in [0.29, 0.717) is 6.42 Å². The van der Waals surface area contributed by atoms with Crippen LogP contribution in [0.25, 0.3) is 0 Å². The molecule has 14 heavy (non-hydrogen) atoms. The maximum Gasteiger partial charge on any atom is 0.308 e. The molecule has 0 aliphatic carbocycles. The summed E-state index contributed by atoms with van der Waals surface area (Å²) in [6.45, 7) is 4.05. The quantitative estimate of drug-likeness (QED) is 0.651. The highest BCUT2D eigenvalue weighted by atomic mass is 16.7. The number of carbonyl (C=O) groups excluding carboxylic acids is 1. The first kappa shape index (κ1) is 11.1. The van der Waals surface area contributed by atoms with E-state index in [2.05, 4.69) is 6.92 Å². The Bertz CT molecular complexity index is 221. The monoisotopic (exact) mass is 198 g/mol. The van der Waals surface area contributed by atoms with Gasteiger partial charge in [-0.2, -0.15) is 0 Å². The van der Waals surface area contributed by atoms with Crippen molar-refractivity contribution in [2.45, 2.75) is 52.2 Å². The number of hydrogen-bond acceptors (Lipinski definition) is 3. The molecule has 0 bridgehead atoms. The number of rotatable bonds is 4. The number of esters is 1. The summed E-state index contributed by atoms with van der Waals surface area (Å²) in [6.07, 6.45) is 5.44. The molecule has 0 saturated carbocycles. The summed E-state index contributed by atoms with van der Waals surface area (Å²) in [7, 11) is 0. The van der Waals surface area contributed by atoms with Crippen molar-refractivity contribution in [2.75, 3.05) is 0 Å². The summed E-state index contributed by atoms with van der Waals surface area (Å²) >= 11 is 0. The molecular weight excluding hydrogens is 180 g/mol. The second kappa shape index (κ2) is 5.68. The smallest absolute Gasteiger partial charge is 0.308 e. The summed E-state index contributed by atoms with van der Waals surface area (Å²) in [5, 5.41) is 0. The van der Waals surface area contributed by atoms with Crippen LogP contribution < -0.4 is 0 Å². The first-order valence-corrected chi connectivity index (χ1v) is 5.29. The average molecular weight is 198 g/mol. The molecule has 80 valence electrons. The first-order chi connectivity index (χ1) is 6.76. The third-order valence-electron chi connectivity index (χ3n) is 2.26. The van der Waals surface area contributed by atoms with Gasteiger partial charge in [-0.15, -0.1) is 0 Å². The SMILES string of the molecule is CCCC(=O)OC1CCC(CC)=CO1. The minimum atomic E-state index is -0.357. The molecule has 0 aromatic rings. The van der Waals surface area contributed by atoms with Crippen LogP contribution in [0.15, 0.2) is 11.8 Å². The lowest BCUT2D eigenvalue weighted by atomic mass is 10.1. The molecule has 0 fully saturated rings. The Kier molecular flexibility index (Phi) is 4.50. The van der Waals surface area contributed by atoms with Crippen molar-refractivity contribution in [1.29, 1.82) is 0 Å². The van der Waals surface area contributed by atoms with E-state index in [1.807, 2.05) is 6.92 Å². The third kappa shape index (κ3) is 3.40. The minimum Gasteiger partial charge on any atom is -0.462 e. The zero-order valence-electron chi connectivity index (χ0n) is 8.91. The van der Waals surface area contributed by atoms with Crippen molar-refractivity contribution < 1.29 is 14.3 Å². The molecular formula is C11H18O3. The summed E-state index contributed by atoms with van der Waals surface area (Å²) < 4.78 is 10.4. The first-order valence-electron chi connectivity index (χ1n) is 5.29. The molecule has 1 atom stereocenters. The van der Waals surface area contributed by atoms with Crippen molar-refractivity contribution in [1.82, 2.24) is 0 Å². The van der Waals surface area contributed by atoms with Crippen LogP contribution in [-0.2, 0) is 14.3 Å². The molecule has 0 aromatic carbocycles. The zero-order chi connectivity index (χ0) is 10.4. The van der Waals surface area contributed by atoms with Crippen molar-refractivity contribution in [3.05, 3.63) is 11.8 Å². The van der Waals surface area contributed by atoms with Gasteiger partial charge in [-0.25, -0.2) is 0 Å². The highest BCUT2D eigenvalue weighted by Gasteiger charge is 2.18. The number of hydrogen-bond donors (Lipinski definition) is 0. The molecule has 0 spiro atoms. The summed E-state index contributed by atoms with van der Waals surface area (Å²) in [5.74, 6) is -0.161. The van der Waals surface area contributed by atoms with Gasteiger partial charge in [0.25, 0.3) is 0 Å². The van der Waals surface area contributed by atoms with Gasteiger partial charge in [0.2, 0.25) is 6.29 Å². The predicted octanol–water partition coefficient (Wildman–Crippen LogP) is 2.76. The predicted molar refractivity (Wildman–Crippen MR) is 53.5 cm³/mol. The average Bonchev–Trinajstić information content (AvgIpc) is 2.19. The van der Waals surface area contributed by atoms with E-state index < -0.39 is 0 Å². The van der Waals surface area contributed by atoms with Crippen LogP contribution in [0.5, 0.6) is 0 Å². The molecule has 0 amide bonds. The van der Waals surface area contributed by atoms with E-state index in [1.165, 1.54) is 5.57 Å². The Hall–Kier alpha value is -0.990. The van der Waals surface area contributed by atoms with Gasteiger partial charge in [0, 0.05) is 12.8 Å². The Morgan fingerprint density at radius 3 is 2.93 bits per heavy atom. The molecule has 0 aromatic heterocycles. The van der Waals surface area contributed by atoms with Gasteiger partial charge in [0.15, 0.2) is 0 Å². The van der Waals surface area contributed by atoms with Crippen molar-refractivity contribution in [3.63, 3.8) is 0 Å². The van der Waals surface area contributed by atoms with Crippen LogP contribution in [0.2, 0.25) is 0 Å². The Balaban J connectivity index is 2.29. The Labute approximate surface area is 85.1 Å². The molecule has 1 rings (SSSR count). The molecule has 1 aliphatic rings. The normalized spacial score (nSPS) is 21.0. The van der Waals surface area contributed by atoms with E-state index in [-0.39, 0.29) is 12.3 Å². The van der Waals surface area contributed by atoms with Gasteiger partial charge in [0.1, 0.15) is 0 Å². The lowest BCUT2D eigenvalue weighted by Gasteiger charge is -2.22. The van der Waals surface area contributed by atoms with Gasteiger partial charge in [-0.1, -0.05) is 13.8 Å². The lowest BCUT2D eigenvalue weighted by Crippen LogP contribution is -2.22. The van der Waals surface area contributed by atoms with Crippen molar-refractivity contribution in [2.24, 2.45) is 0 Å². The number of carbonyl (C=O) groups is 1. The molecule has 0 radical (unpaired) electrons. The maximum absolute atomic E-state index is 11.1. The van der Waals surface area contributed by atoms with Crippen LogP contribution in [0, 0.1) is 0 Å². The van der Waals surface area contributed by atoms with Gasteiger partial charge in [-0.3, -0.25) is 4.79 Å². The fraction of sp³-hybridized carbons (Fsp3) is 0.727. The molecule has 0 saturated heterocycles. The van der Waals surface area contributed by atoms with Crippen LogP contribution in [0.3, 0.4) is 0 Å². The van der Waals surface area contributed by atoms with Crippen LogP contribution in [0.1, 0.15) is 46.0 Å². The van der Waals surface area contributed by atoms with E-state index >= 15 is 0 Å². The van der Waals surface area contributed by atoms with E-state index in [4.69, 9.17) is 9.47 Å². The molecule has 0 N–H and O–H groups in total. The number of allylic oxidation sites excluding steroid dienone is 1. The van der Waals surface area contributed by atoms with Crippen molar-refractivity contribution in [3.8, 4) is 0 Å². The fourth-order valence-electron chi connectivity index (χ4n) is 1.36. The molecule has 1 unspecified atom stereocenters. The topological polar surface area (TPSA) is 35.5 Å². The van der Waals surface area contributed by atoms with Gasteiger partial charge >= 0.3 is 5.97 Å². The van der Waals surface area contributed by atoms with Gasteiger partial charge < -0.3 is 9.47 Å². The second-order valence-corrected chi connectivity index (χ2v) is 3.47. The zero-order valence-corrected chi connectivity index (χ0v) is 8.91. The lowest BCUT2D eigenvalue weighted by molar-refractivity contribution is -0.171. The van der Waals surface area contributed by atoms with Crippen LogP contribution in [0.4, 0.5) is 0 Å². The summed E-state index contributed by atoms with van der Waals surface area (Å²) in [4.78, 5) is 11.1. The van der Waals surface area contributed by atoms with Crippen LogP contribution >= 0.6 is 0 Å². The highest BCUT2D eigenvalue weighted by Crippen LogP contribution is 2.20. The van der Waals surface area contributed by atoms with Crippen LogP contribution in [-0.4, -0.2) is 12.3 Å². The highest BCUT2D eigenvalue weighted by molar-refractivity contribution is 5.69. The Morgan fingerprint density at radius 1 is 1.64 bits per heavy atom. The number of ether oxygens (including phenoxy) is 2. The third-order valence-corrected chi connectivity index (χ3v) is 2.26. The summed E-state index contributed by atoms with van der Waals surface area (Å²) in [5.41, 5.74) is 1.28. The van der Waals surface area contributed by atoms with E-state index in [9.17, 15) is 4.79 Å². The molecule has 3 nitrogen and oxygen atoms in total. The second-order valence-electron chi connectivity index (χ2n) is 3.47. The molecule has 3 heteroatoms. The molecule has 1 aliphatic heterocycles. The van der Waals surface area contributed by atoms with Gasteiger partial charge in [-0.05, 0) is 24.8 Å². The Morgan fingerprint density at radius 2 is 2.43 bits per heavy atom. The van der Waals surface area contributed by atoms with Crippen molar-refractivity contribution >= 4 is 5.97 Å². The minimum absolute atomic E-state index is 0.161. The largest absolute Gasteiger partial charge is 0.462 e. The fourth-order valence-corrected chi connectivity index (χ4v) is 1.36. The maximum atomic E-state index is 11.1. The summed E-state index contributed by atoms with van der Waals surface area (Å²) in [6, 6.07) is 0. The van der Waals surface area contributed by atoms with E-state index in [1.54, 1.807) is 6.26 Å². The standard InChI is InChI=1S/C11H18O3/c1-3-5-10(12)14-11-7-6-9(4-2)8-13-11/h8,11H,3-7H2,1-2H3. The van der Waals surface area contributed by atoms with Gasteiger partial charge in [0.05, 0.1) is 6.26 Å². The van der Waals surface area contributed by atoms with E-state index in [0.717, 1.165) is 25.7 Å².